The molecule has 2 rings (SSSR count). The van der Waals surface area contributed by atoms with E-state index in [1.165, 1.54) is 0 Å². The number of rotatable bonds is 1. The summed E-state index contributed by atoms with van der Waals surface area (Å²) in [5, 5.41) is 0.699. The molecule has 0 atom stereocenters. The molecule has 0 amide bonds. The van der Waals surface area contributed by atoms with Crippen LogP contribution in [-0.4, -0.2) is 24.1 Å². The molecule has 2 heterocycles. The van der Waals surface area contributed by atoms with E-state index < -0.39 is 0 Å². The Morgan fingerprint density at radius 3 is 2.92 bits per heavy atom. The third kappa shape index (κ3) is 1.26. The standard InChI is InChI=1S/C8H10ClN3/c9-7-2-1-3-11-8(7)12-4-6(10)5-12/h1-3,6H,4-5,10H2. The lowest BCUT2D eigenvalue weighted by Gasteiger charge is -2.38. The first-order valence-electron chi connectivity index (χ1n) is 3.88. The van der Waals surface area contributed by atoms with Crippen LogP contribution in [0.25, 0.3) is 0 Å². The molecule has 4 heteroatoms. The zero-order chi connectivity index (χ0) is 8.55. The molecule has 0 aliphatic carbocycles. The molecule has 1 aromatic heterocycles. The second kappa shape index (κ2) is 2.92. The van der Waals surface area contributed by atoms with Crippen LogP contribution >= 0.6 is 11.6 Å². The Labute approximate surface area is 76.1 Å². The number of nitrogens with two attached hydrogens (primary N) is 1. The van der Waals surface area contributed by atoms with Crippen LogP contribution in [-0.2, 0) is 0 Å². The lowest BCUT2D eigenvalue weighted by atomic mass is 10.1. The molecule has 1 saturated heterocycles. The van der Waals surface area contributed by atoms with Gasteiger partial charge in [-0.2, -0.15) is 0 Å². The van der Waals surface area contributed by atoms with Crippen LogP contribution in [0.1, 0.15) is 0 Å². The summed E-state index contributed by atoms with van der Waals surface area (Å²) in [6, 6.07) is 3.95. The van der Waals surface area contributed by atoms with E-state index in [1.54, 1.807) is 6.20 Å². The van der Waals surface area contributed by atoms with Gasteiger partial charge in [0.15, 0.2) is 0 Å². The average molecular weight is 184 g/mol. The third-order valence-corrected chi connectivity index (χ3v) is 2.24. The van der Waals surface area contributed by atoms with E-state index >= 15 is 0 Å². The van der Waals surface area contributed by atoms with Crippen molar-refractivity contribution in [2.24, 2.45) is 5.73 Å². The second-order valence-corrected chi connectivity index (χ2v) is 3.38. The summed E-state index contributed by atoms with van der Waals surface area (Å²) in [6.45, 7) is 1.72. The SMILES string of the molecule is NC1CN(c2ncccc2Cl)C1. The Bertz CT molecular complexity index is 283. The molecule has 0 radical (unpaired) electrons. The summed E-state index contributed by atoms with van der Waals surface area (Å²) in [5.41, 5.74) is 5.64. The van der Waals surface area contributed by atoms with E-state index in [9.17, 15) is 0 Å². The van der Waals surface area contributed by atoms with Crippen molar-refractivity contribution in [1.29, 1.82) is 0 Å². The van der Waals surface area contributed by atoms with Gasteiger partial charge in [-0.15, -0.1) is 0 Å². The smallest absolute Gasteiger partial charge is 0.147 e. The van der Waals surface area contributed by atoms with E-state index in [1.807, 2.05) is 12.1 Å². The van der Waals surface area contributed by atoms with Gasteiger partial charge < -0.3 is 10.6 Å². The van der Waals surface area contributed by atoms with Gasteiger partial charge in [-0.1, -0.05) is 11.6 Å². The minimum atomic E-state index is 0.281. The van der Waals surface area contributed by atoms with Gasteiger partial charge in [0.25, 0.3) is 0 Å². The highest BCUT2D eigenvalue weighted by atomic mass is 35.5. The van der Waals surface area contributed by atoms with Crippen LogP contribution in [0.5, 0.6) is 0 Å². The molecule has 1 aromatic rings. The van der Waals surface area contributed by atoms with Crippen LogP contribution in [0.2, 0.25) is 5.02 Å². The second-order valence-electron chi connectivity index (χ2n) is 2.97. The first-order valence-corrected chi connectivity index (χ1v) is 4.26. The van der Waals surface area contributed by atoms with E-state index in [-0.39, 0.29) is 6.04 Å². The zero-order valence-electron chi connectivity index (χ0n) is 6.57. The van der Waals surface area contributed by atoms with Crippen LogP contribution in [0.4, 0.5) is 5.82 Å². The number of hydrogen-bond acceptors (Lipinski definition) is 3. The minimum Gasteiger partial charge on any atom is -0.352 e. The Morgan fingerprint density at radius 1 is 1.58 bits per heavy atom. The van der Waals surface area contributed by atoms with Gasteiger partial charge in [0.05, 0.1) is 5.02 Å². The van der Waals surface area contributed by atoms with Crippen molar-refractivity contribution in [3.63, 3.8) is 0 Å². The van der Waals surface area contributed by atoms with Crippen molar-refractivity contribution in [1.82, 2.24) is 4.98 Å². The van der Waals surface area contributed by atoms with Crippen molar-refractivity contribution >= 4 is 17.4 Å². The van der Waals surface area contributed by atoms with Crippen LogP contribution in [0, 0.1) is 0 Å². The van der Waals surface area contributed by atoms with Gasteiger partial charge in [-0.3, -0.25) is 0 Å². The van der Waals surface area contributed by atoms with E-state index in [2.05, 4.69) is 9.88 Å². The van der Waals surface area contributed by atoms with Gasteiger partial charge >= 0.3 is 0 Å². The normalized spacial score (nSPS) is 17.7. The molecule has 1 aliphatic rings. The van der Waals surface area contributed by atoms with Crippen LogP contribution in [0.3, 0.4) is 0 Å². The summed E-state index contributed by atoms with van der Waals surface area (Å²) in [5.74, 6) is 0.848. The molecule has 0 saturated carbocycles. The Balaban J connectivity index is 2.18. The maximum Gasteiger partial charge on any atom is 0.147 e. The lowest BCUT2D eigenvalue weighted by Crippen LogP contribution is -2.56. The van der Waals surface area contributed by atoms with Gasteiger partial charge in [-0.25, -0.2) is 4.98 Å². The van der Waals surface area contributed by atoms with Gasteiger partial charge in [0, 0.05) is 25.3 Å². The Morgan fingerprint density at radius 2 is 2.33 bits per heavy atom. The van der Waals surface area contributed by atoms with E-state index in [0.717, 1.165) is 18.9 Å². The molecule has 12 heavy (non-hydrogen) atoms. The highest BCUT2D eigenvalue weighted by molar-refractivity contribution is 6.32. The molecule has 0 aromatic carbocycles. The molecule has 0 bridgehead atoms. The first-order chi connectivity index (χ1) is 5.77. The van der Waals surface area contributed by atoms with E-state index in [0.29, 0.717) is 5.02 Å². The summed E-state index contributed by atoms with van der Waals surface area (Å²) in [6.07, 6.45) is 1.74. The number of halogens is 1. The first kappa shape index (κ1) is 7.83. The fourth-order valence-corrected chi connectivity index (χ4v) is 1.54. The van der Waals surface area contributed by atoms with Crippen molar-refractivity contribution < 1.29 is 0 Å². The van der Waals surface area contributed by atoms with Gasteiger partial charge in [0.2, 0.25) is 0 Å². The molecule has 3 nitrogen and oxygen atoms in total. The average Bonchev–Trinajstić information content (AvgIpc) is 2.01. The Kier molecular flexibility index (Phi) is 1.90. The summed E-state index contributed by atoms with van der Waals surface area (Å²) >= 11 is 5.93. The molecule has 1 fully saturated rings. The molecular formula is C8H10ClN3. The molecule has 64 valence electrons. The molecular weight excluding hydrogens is 174 g/mol. The van der Waals surface area contributed by atoms with Crippen molar-refractivity contribution in [2.75, 3.05) is 18.0 Å². The van der Waals surface area contributed by atoms with Crippen LogP contribution in [0.15, 0.2) is 18.3 Å². The Hall–Kier alpha value is -0.800. The van der Waals surface area contributed by atoms with Crippen molar-refractivity contribution in [3.8, 4) is 0 Å². The summed E-state index contributed by atoms with van der Waals surface area (Å²) in [7, 11) is 0. The summed E-state index contributed by atoms with van der Waals surface area (Å²) < 4.78 is 0. The minimum absolute atomic E-state index is 0.281. The van der Waals surface area contributed by atoms with Crippen molar-refractivity contribution in [3.05, 3.63) is 23.4 Å². The predicted octanol–water partition coefficient (Wildman–Crippen LogP) is 0.882. The number of nitrogens with zero attached hydrogens (tertiary/aromatic N) is 2. The fraction of sp³-hybridized carbons (Fsp3) is 0.375. The number of aromatic nitrogens is 1. The number of pyridine rings is 1. The summed E-state index contributed by atoms with van der Waals surface area (Å²) in [4.78, 5) is 6.25. The highest BCUT2D eigenvalue weighted by Gasteiger charge is 2.25. The van der Waals surface area contributed by atoms with Gasteiger partial charge in [0.1, 0.15) is 5.82 Å². The molecule has 0 spiro atoms. The molecule has 1 aliphatic heterocycles. The zero-order valence-corrected chi connectivity index (χ0v) is 7.33. The fourth-order valence-electron chi connectivity index (χ4n) is 1.30. The largest absolute Gasteiger partial charge is 0.352 e. The number of anilines is 1. The predicted molar refractivity (Wildman–Crippen MR) is 49.4 cm³/mol. The van der Waals surface area contributed by atoms with Gasteiger partial charge in [-0.05, 0) is 12.1 Å². The van der Waals surface area contributed by atoms with E-state index in [4.69, 9.17) is 17.3 Å². The van der Waals surface area contributed by atoms with Crippen molar-refractivity contribution in [2.45, 2.75) is 6.04 Å². The highest BCUT2D eigenvalue weighted by Crippen LogP contribution is 2.25. The maximum atomic E-state index is 5.93. The van der Waals surface area contributed by atoms with Crippen LogP contribution < -0.4 is 10.6 Å². The quantitative estimate of drug-likeness (QED) is 0.703. The number of hydrogen-bond donors (Lipinski definition) is 1. The molecule has 2 N–H and O–H groups in total. The lowest BCUT2D eigenvalue weighted by molar-refractivity contribution is 0.514. The third-order valence-electron chi connectivity index (χ3n) is 1.95. The maximum absolute atomic E-state index is 5.93. The molecule has 0 unspecified atom stereocenters. The topological polar surface area (TPSA) is 42.1 Å². The monoisotopic (exact) mass is 183 g/mol.